The highest BCUT2D eigenvalue weighted by atomic mass is 32.2. The Hall–Kier alpha value is -2.83. The fourth-order valence-electron chi connectivity index (χ4n) is 3.82. The predicted molar refractivity (Wildman–Crippen MR) is 134 cm³/mol. The van der Waals surface area contributed by atoms with Crippen molar-refractivity contribution in [1.82, 2.24) is 4.90 Å². The largest absolute Gasteiger partial charge is 0.343 e. The van der Waals surface area contributed by atoms with Gasteiger partial charge in [-0.15, -0.1) is 0 Å². The number of carbonyl (C=O) groups excluding carboxylic acids is 2. The Balaban J connectivity index is 0.000000243. The van der Waals surface area contributed by atoms with Crippen molar-refractivity contribution in [2.24, 2.45) is 11.1 Å². The van der Waals surface area contributed by atoms with Gasteiger partial charge in [-0.3, -0.25) is 14.7 Å². The van der Waals surface area contributed by atoms with Crippen LogP contribution in [0, 0.1) is 12.8 Å². The minimum atomic E-state index is -0.101. The molecule has 3 N–H and O–H groups in total. The number of aryl methyl sites for hydroxylation is 1. The molecule has 3 aromatic rings. The zero-order chi connectivity index (χ0) is 23.1. The van der Waals surface area contributed by atoms with Gasteiger partial charge in [0.15, 0.2) is 0 Å². The Kier molecular flexibility index (Phi) is 8.31. The van der Waals surface area contributed by atoms with Gasteiger partial charge in [0.2, 0.25) is 5.91 Å². The van der Waals surface area contributed by atoms with Gasteiger partial charge in [-0.2, -0.15) is 0 Å². The van der Waals surface area contributed by atoms with E-state index in [0.717, 1.165) is 45.9 Å². The van der Waals surface area contributed by atoms with Crippen molar-refractivity contribution in [2.75, 3.05) is 18.4 Å². The first kappa shape index (κ1) is 23.8. The average molecular weight is 450 g/mol. The number of hydrogen-bond acceptors (Lipinski definition) is 4. The number of likely N-dealkylation sites (tertiary alicyclic amines) is 1. The lowest BCUT2D eigenvalue weighted by Crippen LogP contribution is -2.36. The number of anilines is 1. The average Bonchev–Trinajstić information content (AvgIpc) is 2.80. The normalized spacial score (nSPS) is 13.9. The van der Waals surface area contributed by atoms with Crippen molar-refractivity contribution in [3.05, 3.63) is 71.8 Å². The highest BCUT2D eigenvalue weighted by Crippen LogP contribution is 2.31. The molecule has 0 spiro atoms. The number of fused-ring (bicyclic) bond motifs is 1. The van der Waals surface area contributed by atoms with Crippen LogP contribution in [0.4, 0.5) is 5.69 Å². The Bertz CT molecular complexity index is 1090. The van der Waals surface area contributed by atoms with Gasteiger partial charge in [-0.1, -0.05) is 49.4 Å². The van der Waals surface area contributed by atoms with E-state index < -0.39 is 0 Å². The number of amides is 2. The van der Waals surface area contributed by atoms with E-state index in [-0.39, 0.29) is 11.8 Å². The van der Waals surface area contributed by atoms with Crippen LogP contribution in [-0.4, -0.2) is 29.8 Å². The zero-order valence-electron chi connectivity index (χ0n) is 18.9. The third-order valence-electron chi connectivity index (χ3n) is 5.88. The van der Waals surface area contributed by atoms with Gasteiger partial charge in [0, 0.05) is 41.5 Å². The molecule has 168 valence electrons. The molecule has 1 aliphatic heterocycles. The highest BCUT2D eigenvalue weighted by Gasteiger charge is 2.16. The molecule has 4 rings (SSSR count). The minimum Gasteiger partial charge on any atom is -0.343 e. The molecule has 0 atom stereocenters. The maximum Gasteiger partial charge on any atom is 0.255 e. The SMILES string of the molecule is CC(=O)N1CCC(C)CC1.Cc1ccccc1C(=O)Nc1ccc(SN)c2ccccc12. The summed E-state index contributed by atoms with van der Waals surface area (Å²) in [5.41, 5.74) is 2.43. The summed E-state index contributed by atoms with van der Waals surface area (Å²) in [5.74, 6) is 0.943. The molecule has 0 unspecified atom stereocenters. The zero-order valence-corrected chi connectivity index (χ0v) is 19.7. The number of carbonyl (C=O) groups is 2. The molecule has 0 saturated carbocycles. The molecule has 1 fully saturated rings. The van der Waals surface area contributed by atoms with E-state index in [1.54, 1.807) is 6.92 Å². The van der Waals surface area contributed by atoms with Crippen molar-refractivity contribution >= 4 is 40.2 Å². The molecule has 1 saturated heterocycles. The number of benzene rings is 3. The van der Waals surface area contributed by atoms with Gasteiger partial charge in [0.25, 0.3) is 5.91 Å². The third kappa shape index (κ3) is 5.90. The molecule has 32 heavy (non-hydrogen) atoms. The first-order chi connectivity index (χ1) is 15.4. The van der Waals surface area contributed by atoms with Gasteiger partial charge in [0.05, 0.1) is 0 Å². The second kappa shape index (κ2) is 11.2. The fourth-order valence-corrected chi connectivity index (χ4v) is 4.28. The first-order valence-corrected chi connectivity index (χ1v) is 11.8. The van der Waals surface area contributed by atoms with Crippen LogP contribution in [0.3, 0.4) is 0 Å². The Morgan fingerprint density at radius 1 is 0.969 bits per heavy atom. The topological polar surface area (TPSA) is 75.4 Å². The molecule has 5 nitrogen and oxygen atoms in total. The van der Waals surface area contributed by atoms with Crippen LogP contribution in [-0.2, 0) is 4.79 Å². The van der Waals surface area contributed by atoms with E-state index in [1.165, 1.54) is 24.8 Å². The lowest BCUT2D eigenvalue weighted by molar-refractivity contribution is -0.130. The molecule has 2 amide bonds. The minimum absolute atomic E-state index is 0.101. The lowest BCUT2D eigenvalue weighted by atomic mass is 9.99. The quantitative estimate of drug-likeness (QED) is 0.508. The molecule has 0 aromatic heterocycles. The molecule has 0 aliphatic carbocycles. The third-order valence-corrected chi connectivity index (χ3v) is 6.49. The van der Waals surface area contributed by atoms with E-state index in [2.05, 4.69) is 12.2 Å². The van der Waals surface area contributed by atoms with Crippen molar-refractivity contribution in [3.63, 3.8) is 0 Å². The van der Waals surface area contributed by atoms with Crippen LogP contribution in [0.15, 0.2) is 65.6 Å². The summed E-state index contributed by atoms with van der Waals surface area (Å²) in [6.07, 6.45) is 2.36. The molecule has 6 heteroatoms. The highest BCUT2D eigenvalue weighted by molar-refractivity contribution is 7.97. The number of nitrogens with one attached hydrogen (secondary N) is 1. The lowest BCUT2D eigenvalue weighted by Gasteiger charge is -2.29. The molecular formula is C26H31N3O2S. The maximum atomic E-state index is 12.5. The van der Waals surface area contributed by atoms with E-state index in [1.807, 2.05) is 72.5 Å². The van der Waals surface area contributed by atoms with Gasteiger partial charge >= 0.3 is 0 Å². The van der Waals surface area contributed by atoms with Crippen molar-refractivity contribution in [2.45, 2.75) is 38.5 Å². The molecule has 0 radical (unpaired) electrons. The van der Waals surface area contributed by atoms with Gasteiger partial charge in [-0.25, -0.2) is 0 Å². The van der Waals surface area contributed by atoms with Crippen molar-refractivity contribution in [3.8, 4) is 0 Å². The molecule has 1 heterocycles. The number of piperidine rings is 1. The summed E-state index contributed by atoms with van der Waals surface area (Å²) in [6.45, 7) is 7.77. The number of nitrogens with zero attached hydrogens (tertiary/aromatic N) is 1. The van der Waals surface area contributed by atoms with Gasteiger partial charge in [0.1, 0.15) is 0 Å². The number of nitrogens with two attached hydrogens (primary N) is 1. The second-order valence-electron chi connectivity index (χ2n) is 8.23. The van der Waals surface area contributed by atoms with Gasteiger partial charge in [-0.05, 0) is 66.8 Å². The van der Waals surface area contributed by atoms with Gasteiger partial charge < -0.3 is 10.2 Å². The van der Waals surface area contributed by atoms with E-state index in [9.17, 15) is 9.59 Å². The summed E-state index contributed by atoms with van der Waals surface area (Å²) < 4.78 is 0. The van der Waals surface area contributed by atoms with E-state index in [4.69, 9.17) is 5.14 Å². The number of rotatable bonds is 3. The van der Waals surface area contributed by atoms with Crippen LogP contribution in [0.5, 0.6) is 0 Å². The summed E-state index contributed by atoms with van der Waals surface area (Å²) in [5, 5.41) is 10.7. The van der Waals surface area contributed by atoms with E-state index in [0.29, 0.717) is 5.56 Å². The number of hydrogen-bond donors (Lipinski definition) is 2. The predicted octanol–water partition coefficient (Wildman–Crippen LogP) is 5.63. The molecule has 1 aliphatic rings. The molecular weight excluding hydrogens is 418 g/mol. The standard InChI is InChI=1S/C18H16N2OS.C8H15NO/c1-12-6-2-3-7-13(12)18(21)20-16-10-11-17(22-19)15-9-5-4-8-14(15)16;1-7-3-5-9(6-4-7)8(2)10/h2-11H,19H2,1H3,(H,20,21);7H,3-6H2,1-2H3. The summed E-state index contributed by atoms with van der Waals surface area (Å²) >= 11 is 1.21. The van der Waals surface area contributed by atoms with E-state index >= 15 is 0 Å². The van der Waals surface area contributed by atoms with Crippen LogP contribution in [0.1, 0.15) is 42.6 Å². The summed E-state index contributed by atoms with van der Waals surface area (Å²) in [4.78, 5) is 26.2. The summed E-state index contributed by atoms with van der Waals surface area (Å²) in [6, 6.07) is 19.3. The summed E-state index contributed by atoms with van der Waals surface area (Å²) in [7, 11) is 0. The monoisotopic (exact) mass is 449 g/mol. The maximum absolute atomic E-state index is 12.5. The Labute approximate surface area is 194 Å². The molecule has 0 bridgehead atoms. The van der Waals surface area contributed by atoms with Crippen LogP contribution in [0.2, 0.25) is 0 Å². The Morgan fingerprint density at radius 3 is 2.22 bits per heavy atom. The first-order valence-electron chi connectivity index (χ1n) is 10.9. The van der Waals surface area contributed by atoms with Crippen LogP contribution >= 0.6 is 11.9 Å². The Morgan fingerprint density at radius 2 is 1.59 bits per heavy atom. The van der Waals surface area contributed by atoms with Crippen LogP contribution in [0.25, 0.3) is 10.8 Å². The second-order valence-corrected chi connectivity index (χ2v) is 8.91. The van der Waals surface area contributed by atoms with Crippen molar-refractivity contribution < 1.29 is 9.59 Å². The van der Waals surface area contributed by atoms with Crippen LogP contribution < -0.4 is 10.5 Å². The molecule has 3 aromatic carbocycles. The smallest absolute Gasteiger partial charge is 0.255 e. The fraction of sp³-hybridized carbons (Fsp3) is 0.308. The van der Waals surface area contributed by atoms with Crippen molar-refractivity contribution in [1.29, 1.82) is 0 Å².